The summed E-state index contributed by atoms with van der Waals surface area (Å²) in [7, 11) is -3.71. The van der Waals surface area contributed by atoms with Gasteiger partial charge in [0, 0.05) is 18.0 Å². The lowest BCUT2D eigenvalue weighted by atomic mass is 10.3. The lowest BCUT2D eigenvalue weighted by molar-refractivity contribution is 0.494. The van der Waals surface area contributed by atoms with Gasteiger partial charge in [-0.05, 0) is 26.0 Å². The highest BCUT2D eigenvalue weighted by molar-refractivity contribution is 7.89. The normalized spacial score (nSPS) is 11.7. The van der Waals surface area contributed by atoms with Crippen molar-refractivity contribution in [1.29, 1.82) is 0 Å². The Labute approximate surface area is 132 Å². The third kappa shape index (κ3) is 3.12. The average molecular weight is 334 g/mol. The Hall–Kier alpha value is -2.59. The number of nitrogens with zero attached hydrogens (tertiary/aromatic N) is 4. The average Bonchev–Trinajstić information content (AvgIpc) is 3.13. The summed E-state index contributed by atoms with van der Waals surface area (Å²) in [6.45, 7) is 3.15. The van der Waals surface area contributed by atoms with E-state index >= 15 is 0 Å². The van der Waals surface area contributed by atoms with Crippen LogP contribution in [0, 0.1) is 13.8 Å². The lowest BCUT2D eigenvalue weighted by Gasteiger charge is -2.04. The monoisotopic (exact) mass is 334 g/mol. The molecule has 2 N–H and O–H groups in total. The molecule has 0 aliphatic rings. The molecule has 0 amide bonds. The number of H-pyrrole nitrogens is 1. The molecule has 0 aliphatic carbocycles. The van der Waals surface area contributed by atoms with Gasteiger partial charge in [0.1, 0.15) is 4.90 Å². The van der Waals surface area contributed by atoms with Gasteiger partial charge in [0.05, 0.1) is 17.9 Å². The summed E-state index contributed by atoms with van der Waals surface area (Å²) in [5.41, 5.74) is 1.58. The SMILES string of the molecule is Cc1n[nH]c(C)c1S(=O)(=O)NCc1nnc(-c2ccncc2)o1. The van der Waals surface area contributed by atoms with Gasteiger partial charge in [-0.2, -0.15) is 5.10 Å². The van der Waals surface area contributed by atoms with Crippen LogP contribution in [-0.4, -0.2) is 33.8 Å². The number of rotatable bonds is 5. The van der Waals surface area contributed by atoms with Crippen molar-refractivity contribution in [1.82, 2.24) is 30.1 Å². The van der Waals surface area contributed by atoms with E-state index < -0.39 is 10.0 Å². The first-order chi connectivity index (χ1) is 11.0. The van der Waals surface area contributed by atoms with Gasteiger partial charge in [-0.25, -0.2) is 13.1 Å². The summed E-state index contributed by atoms with van der Waals surface area (Å²) < 4.78 is 32.5. The second kappa shape index (κ2) is 5.89. The van der Waals surface area contributed by atoms with E-state index in [1.165, 1.54) is 0 Å². The number of aryl methyl sites for hydroxylation is 2. The van der Waals surface area contributed by atoms with Crippen LogP contribution < -0.4 is 4.72 Å². The summed E-state index contributed by atoms with van der Waals surface area (Å²) in [5, 5.41) is 14.2. The molecule has 3 rings (SSSR count). The van der Waals surface area contributed by atoms with E-state index in [0.29, 0.717) is 22.8 Å². The quantitative estimate of drug-likeness (QED) is 0.711. The van der Waals surface area contributed by atoms with Crippen LogP contribution in [0.4, 0.5) is 0 Å². The molecule has 3 aromatic rings. The number of aromatic amines is 1. The van der Waals surface area contributed by atoms with Crippen molar-refractivity contribution < 1.29 is 12.8 Å². The Balaban J connectivity index is 1.75. The Bertz CT molecular complexity index is 897. The molecule has 10 heteroatoms. The highest BCUT2D eigenvalue weighted by Crippen LogP contribution is 2.18. The molecule has 9 nitrogen and oxygen atoms in total. The largest absolute Gasteiger partial charge is 0.419 e. The number of hydrogen-bond acceptors (Lipinski definition) is 7. The lowest BCUT2D eigenvalue weighted by Crippen LogP contribution is -2.24. The molecule has 0 radical (unpaired) electrons. The molecule has 0 fully saturated rings. The van der Waals surface area contributed by atoms with Crippen molar-refractivity contribution in [3.63, 3.8) is 0 Å². The highest BCUT2D eigenvalue weighted by Gasteiger charge is 2.22. The van der Waals surface area contributed by atoms with Gasteiger partial charge < -0.3 is 4.42 Å². The zero-order valence-corrected chi connectivity index (χ0v) is 13.3. The third-order valence-electron chi connectivity index (χ3n) is 3.14. The third-order valence-corrected chi connectivity index (χ3v) is 4.80. The minimum Gasteiger partial charge on any atom is -0.419 e. The molecule has 0 aliphatic heterocycles. The van der Waals surface area contributed by atoms with Crippen LogP contribution in [0.5, 0.6) is 0 Å². The number of sulfonamides is 1. The second-order valence-electron chi connectivity index (χ2n) is 4.82. The fraction of sp³-hybridized carbons (Fsp3) is 0.231. The van der Waals surface area contributed by atoms with E-state index in [4.69, 9.17) is 4.42 Å². The van der Waals surface area contributed by atoms with Crippen molar-refractivity contribution in [2.45, 2.75) is 25.3 Å². The molecule has 0 atom stereocenters. The van der Waals surface area contributed by atoms with Crippen molar-refractivity contribution in [2.75, 3.05) is 0 Å². The standard InChI is InChI=1S/C13H14N6O3S/c1-8-12(9(2)17-16-8)23(20,21)15-7-11-18-19-13(22-11)10-3-5-14-6-4-10/h3-6,15H,7H2,1-2H3,(H,16,17). The second-order valence-corrected chi connectivity index (χ2v) is 6.53. The van der Waals surface area contributed by atoms with Crippen molar-refractivity contribution in [2.24, 2.45) is 0 Å². The van der Waals surface area contributed by atoms with Gasteiger partial charge in [-0.3, -0.25) is 10.1 Å². The molecule has 0 aromatic carbocycles. The van der Waals surface area contributed by atoms with Crippen molar-refractivity contribution >= 4 is 10.0 Å². The van der Waals surface area contributed by atoms with E-state index in [1.54, 1.807) is 38.4 Å². The van der Waals surface area contributed by atoms with Crippen LogP contribution in [0.25, 0.3) is 11.5 Å². The van der Waals surface area contributed by atoms with Gasteiger partial charge in [-0.15, -0.1) is 10.2 Å². The maximum absolute atomic E-state index is 12.3. The first-order valence-electron chi connectivity index (χ1n) is 6.71. The predicted octanol–water partition coefficient (Wildman–Crippen LogP) is 0.950. The number of aromatic nitrogens is 5. The van der Waals surface area contributed by atoms with E-state index in [-0.39, 0.29) is 17.3 Å². The van der Waals surface area contributed by atoms with Crippen LogP contribution in [0.2, 0.25) is 0 Å². The smallest absolute Gasteiger partial charge is 0.247 e. The van der Waals surface area contributed by atoms with Crippen LogP contribution >= 0.6 is 0 Å². The Morgan fingerprint density at radius 1 is 1.22 bits per heavy atom. The zero-order valence-electron chi connectivity index (χ0n) is 12.4. The van der Waals surface area contributed by atoms with Crippen LogP contribution in [0.15, 0.2) is 33.8 Å². The van der Waals surface area contributed by atoms with Gasteiger partial charge in [0.2, 0.25) is 21.8 Å². The zero-order chi connectivity index (χ0) is 16.4. The van der Waals surface area contributed by atoms with Crippen LogP contribution in [0.1, 0.15) is 17.3 Å². The molecule has 3 heterocycles. The Morgan fingerprint density at radius 3 is 2.61 bits per heavy atom. The summed E-state index contributed by atoms with van der Waals surface area (Å²) in [6.07, 6.45) is 3.21. The maximum atomic E-state index is 12.3. The Morgan fingerprint density at radius 2 is 1.96 bits per heavy atom. The van der Waals surface area contributed by atoms with E-state index in [2.05, 4.69) is 30.1 Å². The molecule has 0 saturated heterocycles. The fourth-order valence-electron chi connectivity index (χ4n) is 2.10. The molecule has 0 unspecified atom stereocenters. The fourth-order valence-corrected chi connectivity index (χ4v) is 3.44. The van der Waals surface area contributed by atoms with Gasteiger partial charge in [0.25, 0.3) is 0 Å². The minimum atomic E-state index is -3.71. The van der Waals surface area contributed by atoms with Crippen molar-refractivity contribution in [3.8, 4) is 11.5 Å². The molecule has 3 aromatic heterocycles. The number of nitrogens with one attached hydrogen (secondary N) is 2. The molecule has 0 bridgehead atoms. The molecule has 0 spiro atoms. The predicted molar refractivity (Wildman–Crippen MR) is 79.6 cm³/mol. The molecule has 120 valence electrons. The minimum absolute atomic E-state index is 0.107. The van der Waals surface area contributed by atoms with Crippen LogP contribution in [-0.2, 0) is 16.6 Å². The van der Waals surface area contributed by atoms with E-state index in [0.717, 1.165) is 0 Å². The number of pyridine rings is 1. The molecular formula is C13H14N6O3S. The van der Waals surface area contributed by atoms with Crippen molar-refractivity contribution in [3.05, 3.63) is 41.8 Å². The summed E-state index contributed by atoms with van der Waals surface area (Å²) in [4.78, 5) is 4.03. The highest BCUT2D eigenvalue weighted by atomic mass is 32.2. The summed E-state index contributed by atoms with van der Waals surface area (Å²) in [6, 6.07) is 3.44. The molecule has 0 saturated carbocycles. The first-order valence-corrected chi connectivity index (χ1v) is 8.19. The van der Waals surface area contributed by atoms with Gasteiger partial charge in [0.15, 0.2) is 0 Å². The summed E-state index contributed by atoms with van der Waals surface area (Å²) in [5.74, 6) is 0.469. The Kier molecular flexibility index (Phi) is 3.92. The maximum Gasteiger partial charge on any atom is 0.247 e. The number of hydrogen-bond donors (Lipinski definition) is 2. The van der Waals surface area contributed by atoms with Gasteiger partial charge in [-0.1, -0.05) is 0 Å². The topological polar surface area (TPSA) is 127 Å². The van der Waals surface area contributed by atoms with Crippen LogP contribution in [0.3, 0.4) is 0 Å². The van der Waals surface area contributed by atoms with Gasteiger partial charge >= 0.3 is 0 Å². The molecular weight excluding hydrogens is 320 g/mol. The first kappa shape index (κ1) is 15.3. The van der Waals surface area contributed by atoms with E-state index in [9.17, 15) is 8.42 Å². The summed E-state index contributed by atoms with van der Waals surface area (Å²) >= 11 is 0. The van der Waals surface area contributed by atoms with E-state index in [1.807, 2.05) is 0 Å². The molecule has 23 heavy (non-hydrogen) atoms.